The van der Waals surface area contributed by atoms with Crippen molar-refractivity contribution < 1.29 is 9.32 Å². The smallest absolute Gasteiger partial charge is 0.191 e. The molecule has 0 aromatic heterocycles. The Balaban J connectivity index is 4.61. The Morgan fingerprint density at radius 2 is 1.65 bits per heavy atom. The van der Waals surface area contributed by atoms with Gasteiger partial charge in [-0.2, -0.15) is 0 Å². The highest BCUT2D eigenvalue weighted by atomic mass is 32.2. The maximum absolute atomic E-state index is 12.1. The normalized spacial score (nSPS) is 14.7. The summed E-state index contributed by atoms with van der Waals surface area (Å²) in [4.78, 5) is 4.53. The Morgan fingerprint density at radius 1 is 1.09 bits per heavy atom. The molecule has 0 fully saturated rings. The van der Waals surface area contributed by atoms with Gasteiger partial charge in [-0.3, -0.25) is 9.20 Å². The molecule has 1 unspecified atom stereocenters. The topological polar surface area (TPSA) is 73.7 Å². The van der Waals surface area contributed by atoms with Crippen LogP contribution in [0.3, 0.4) is 0 Å². The second kappa shape index (κ2) is 11.0. The second-order valence-corrected chi connectivity index (χ2v) is 9.33. The first-order valence-corrected chi connectivity index (χ1v) is 10.1. The van der Waals surface area contributed by atoms with Gasteiger partial charge in [0.15, 0.2) is 5.96 Å². The third-order valence-corrected chi connectivity index (χ3v) is 5.51. The lowest BCUT2D eigenvalue weighted by Crippen LogP contribution is -2.42. The molecule has 5 nitrogen and oxygen atoms in total. The fourth-order valence-electron chi connectivity index (χ4n) is 2.35. The Labute approximate surface area is 145 Å². The Kier molecular flexibility index (Phi) is 10.7. The van der Waals surface area contributed by atoms with E-state index >= 15 is 0 Å². The molecular formula is C17H37N3O2S. The van der Waals surface area contributed by atoms with Crippen LogP contribution in [-0.4, -0.2) is 51.0 Å². The monoisotopic (exact) mass is 347 g/mol. The van der Waals surface area contributed by atoms with Crippen LogP contribution in [0.2, 0.25) is 0 Å². The first kappa shape index (κ1) is 22.4. The second-order valence-electron chi connectivity index (χ2n) is 7.01. The van der Waals surface area contributed by atoms with E-state index in [1.54, 1.807) is 0 Å². The number of hydrogen-bond acceptors (Lipinski definition) is 3. The van der Waals surface area contributed by atoms with Gasteiger partial charge >= 0.3 is 0 Å². The maximum Gasteiger partial charge on any atom is 0.191 e. The van der Waals surface area contributed by atoms with Crippen molar-refractivity contribution in [3.8, 4) is 0 Å². The summed E-state index contributed by atoms with van der Waals surface area (Å²) in [5.41, 5.74) is -0.722. The molecule has 6 heteroatoms. The van der Waals surface area contributed by atoms with Crippen LogP contribution in [0.5, 0.6) is 0 Å². The molecule has 0 aliphatic rings. The fraction of sp³-hybridized carbons (Fsp3) is 0.941. The van der Waals surface area contributed by atoms with Crippen molar-refractivity contribution in [2.75, 3.05) is 25.4 Å². The lowest BCUT2D eigenvalue weighted by molar-refractivity contribution is 0.0306. The van der Waals surface area contributed by atoms with E-state index in [0.29, 0.717) is 24.8 Å². The zero-order valence-electron chi connectivity index (χ0n) is 15.9. The van der Waals surface area contributed by atoms with Crippen LogP contribution in [0.15, 0.2) is 4.99 Å². The van der Waals surface area contributed by atoms with Crippen LogP contribution in [0.1, 0.15) is 67.2 Å². The van der Waals surface area contributed by atoms with Crippen LogP contribution >= 0.6 is 0 Å². The van der Waals surface area contributed by atoms with Crippen molar-refractivity contribution in [3.63, 3.8) is 0 Å². The standard InChI is InChI=1S/C17H37N3O2S/c1-7-10-17(21,11-8-2)14-20-15(18-9-3)19-12-13-23(22)16(4,5)6/h21H,7-14H2,1-6H3,(H2,18,19,20). The molecule has 0 saturated heterocycles. The molecule has 0 heterocycles. The number of aliphatic imine (C=N–C) groups is 1. The molecule has 0 spiro atoms. The SMILES string of the molecule is CCCC(O)(CCC)CN=C(NCC)NCCS(=O)C(C)(C)C. The number of hydrogen-bond donors (Lipinski definition) is 3. The van der Waals surface area contributed by atoms with Gasteiger partial charge in [0, 0.05) is 34.4 Å². The molecule has 0 saturated carbocycles. The summed E-state index contributed by atoms with van der Waals surface area (Å²) in [6, 6.07) is 0. The summed E-state index contributed by atoms with van der Waals surface area (Å²) < 4.78 is 11.9. The highest BCUT2D eigenvalue weighted by Gasteiger charge is 2.24. The lowest BCUT2D eigenvalue weighted by atomic mass is 9.93. The molecule has 0 radical (unpaired) electrons. The summed E-state index contributed by atoms with van der Waals surface area (Å²) in [7, 11) is -0.879. The zero-order chi connectivity index (χ0) is 17.9. The Bertz CT molecular complexity index is 373. The van der Waals surface area contributed by atoms with E-state index in [9.17, 15) is 9.32 Å². The van der Waals surface area contributed by atoms with Crippen molar-refractivity contribution in [2.45, 2.75) is 77.6 Å². The largest absolute Gasteiger partial charge is 0.388 e. The highest BCUT2D eigenvalue weighted by molar-refractivity contribution is 7.86. The lowest BCUT2D eigenvalue weighted by Gasteiger charge is -2.26. The molecule has 1 atom stereocenters. The Morgan fingerprint density at radius 3 is 2.09 bits per heavy atom. The van der Waals surface area contributed by atoms with E-state index in [1.807, 2.05) is 27.7 Å². The summed E-state index contributed by atoms with van der Waals surface area (Å²) in [6.07, 6.45) is 3.41. The van der Waals surface area contributed by atoms with Gasteiger partial charge in [-0.05, 0) is 40.5 Å². The van der Waals surface area contributed by atoms with Crippen molar-refractivity contribution in [3.05, 3.63) is 0 Å². The van der Waals surface area contributed by atoms with Crippen LogP contribution < -0.4 is 10.6 Å². The minimum absolute atomic E-state index is 0.195. The molecule has 0 aliphatic heterocycles. The summed E-state index contributed by atoms with van der Waals surface area (Å²) in [5.74, 6) is 1.27. The third kappa shape index (κ3) is 9.97. The van der Waals surface area contributed by atoms with Gasteiger partial charge in [-0.15, -0.1) is 0 Å². The number of guanidine groups is 1. The minimum Gasteiger partial charge on any atom is -0.388 e. The van der Waals surface area contributed by atoms with E-state index in [0.717, 1.165) is 32.2 Å². The molecule has 3 N–H and O–H groups in total. The van der Waals surface area contributed by atoms with Gasteiger partial charge in [0.25, 0.3) is 0 Å². The summed E-state index contributed by atoms with van der Waals surface area (Å²) in [6.45, 7) is 13.9. The van der Waals surface area contributed by atoms with Crippen molar-refractivity contribution >= 4 is 16.8 Å². The van der Waals surface area contributed by atoms with Crippen molar-refractivity contribution in [1.29, 1.82) is 0 Å². The molecule has 23 heavy (non-hydrogen) atoms. The number of nitrogens with zero attached hydrogens (tertiary/aromatic N) is 1. The fourth-order valence-corrected chi connectivity index (χ4v) is 3.25. The first-order chi connectivity index (χ1) is 10.7. The van der Waals surface area contributed by atoms with Gasteiger partial charge in [-0.25, -0.2) is 0 Å². The molecule has 0 aromatic rings. The average Bonchev–Trinajstić information content (AvgIpc) is 2.44. The molecule has 0 aromatic carbocycles. The number of nitrogens with one attached hydrogen (secondary N) is 2. The van der Waals surface area contributed by atoms with Gasteiger partial charge in [0.05, 0.1) is 12.1 Å². The summed E-state index contributed by atoms with van der Waals surface area (Å²) in [5, 5.41) is 17.0. The van der Waals surface area contributed by atoms with Crippen LogP contribution in [0.25, 0.3) is 0 Å². The van der Waals surface area contributed by atoms with Crippen LogP contribution in [0.4, 0.5) is 0 Å². The van der Waals surface area contributed by atoms with Crippen molar-refractivity contribution in [2.24, 2.45) is 4.99 Å². The molecular weight excluding hydrogens is 310 g/mol. The van der Waals surface area contributed by atoms with E-state index in [-0.39, 0.29) is 4.75 Å². The van der Waals surface area contributed by atoms with Crippen molar-refractivity contribution in [1.82, 2.24) is 10.6 Å². The zero-order valence-corrected chi connectivity index (χ0v) is 16.7. The van der Waals surface area contributed by atoms with E-state index < -0.39 is 16.4 Å². The average molecular weight is 348 g/mol. The number of aliphatic hydroxyl groups is 1. The Hall–Kier alpha value is -0.620. The minimum atomic E-state index is -0.879. The first-order valence-electron chi connectivity index (χ1n) is 8.81. The van der Waals surface area contributed by atoms with E-state index in [4.69, 9.17) is 0 Å². The molecule has 0 aliphatic carbocycles. The number of rotatable bonds is 10. The third-order valence-electron chi connectivity index (χ3n) is 3.57. The molecule has 0 amide bonds. The quantitative estimate of drug-likeness (QED) is 0.419. The molecule has 0 rings (SSSR count). The molecule has 138 valence electrons. The highest BCUT2D eigenvalue weighted by Crippen LogP contribution is 2.19. The predicted octanol–water partition coefficient (Wildman–Crippen LogP) is 2.42. The van der Waals surface area contributed by atoms with Crippen LogP contribution in [-0.2, 0) is 10.8 Å². The van der Waals surface area contributed by atoms with E-state index in [2.05, 4.69) is 29.5 Å². The molecule has 0 bridgehead atoms. The predicted molar refractivity (Wildman–Crippen MR) is 102 cm³/mol. The van der Waals surface area contributed by atoms with Gasteiger partial charge in [-0.1, -0.05) is 26.7 Å². The maximum atomic E-state index is 12.1. The van der Waals surface area contributed by atoms with Crippen LogP contribution in [0, 0.1) is 0 Å². The van der Waals surface area contributed by atoms with Gasteiger partial charge in [0.1, 0.15) is 0 Å². The van der Waals surface area contributed by atoms with Gasteiger partial charge in [0.2, 0.25) is 0 Å². The van der Waals surface area contributed by atoms with E-state index in [1.165, 1.54) is 0 Å². The summed E-state index contributed by atoms with van der Waals surface area (Å²) >= 11 is 0. The van der Waals surface area contributed by atoms with Gasteiger partial charge < -0.3 is 15.7 Å².